The second kappa shape index (κ2) is 5.38. The van der Waals surface area contributed by atoms with Gasteiger partial charge in [-0.05, 0) is 0 Å². The van der Waals surface area contributed by atoms with E-state index in [1.807, 2.05) is 0 Å². The van der Waals surface area contributed by atoms with Crippen LogP contribution in [0.5, 0.6) is 0 Å². The molecule has 2 amide bonds. The number of nitrogens with two attached hydrogens (primary N) is 1. The van der Waals surface area contributed by atoms with Crippen LogP contribution in [-0.2, 0) is 0 Å². The Balaban J connectivity index is 0. The van der Waals surface area contributed by atoms with Crippen molar-refractivity contribution in [2.24, 2.45) is 11.0 Å². The third kappa shape index (κ3) is 5.38. The van der Waals surface area contributed by atoms with Gasteiger partial charge in [0.25, 0.3) is 0 Å². The van der Waals surface area contributed by atoms with Gasteiger partial charge < -0.3 is 0 Å². The lowest BCUT2D eigenvalue weighted by atomic mass is 11.1. The first-order valence-corrected chi connectivity index (χ1v) is 1.19. The molecule has 0 aromatic carbocycles. The Hall–Kier alpha value is -0.620. The standard InChI is InChI=1S/CH4N4O.H2S/c2-4-1(6)5-3;/h2H,3H2,(H,5,6);1H2. The van der Waals surface area contributed by atoms with Gasteiger partial charge in [-0.3, -0.25) is 5.43 Å². The molecule has 7 heavy (non-hydrogen) atoms. The van der Waals surface area contributed by atoms with Gasteiger partial charge in [0.15, 0.2) is 0 Å². The van der Waals surface area contributed by atoms with Crippen LogP contribution in [0.3, 0.4) is 0 Å². The van der Waals surface area contributed by atoms with Gasteiger partial charge in [0.1, 0.15) is 0 Å². The topological polar surface area (TPSA) is 91.3 Å². The summed E-state index contributed by atoms with van der Waals surface area (Å²) >= 11 is 0. The number of rotatable bonds is 0. The van der Waals surface area contributed by atoms with Crippen molar-refractivity contribution >= 4 is 19.5 Å². The largest absolute Gasteiger partial charge is 0.373 e. The van der Waals surface area contributed by atoms with Gasteiger partial charge in [0.05, 0.1) is 0 Å². The molecule has 0 aliphatic carbocycles. The molecule has 42 valence electrons. The quantitative estimate of drug-likeness (QED) is 0.178. The predicted molar refractivity (Wildman–Crippen MR) is 28.2 cm³/mol. The molecule has 0 aromatic rings. The van der Waals surface area contributed by atoms with E-state index in [0.29, 0.717) is 0 Å². The maximum atomic E-state index is 9.59. The zero-order chi connectivity index (χ0) is 4.99. The molecule has 0 saturated carbocycles. The SMILES string of the molecule is N=NC(=O)NN.S. The van der Waals surface area contributed by atoms with E-state index in [9.17, 15) is 4.79 Å². The average molecular weight is 122 g/mol. The molecule has 0 radical (unpaired) electrons. The molecule has 0 bridgehead atoms. The highest BCUT2D eigenvalue weighted by Gasteiger charge is 1.83. The normalized spacial score (nSPS) is 5.86. The summed E-state index contributed by atoms with van der Waals surface area (Å²) in [5.74, 6) is 4.47. The van der Waals surface area contributed by atoms with Crippen LogP contribution in [0.1, 0.15) is 0 Å². The Morgan fingerprint density at radius 2 is 2.29 bits per heavy atom. The highest BCUT2D eigenvalue weighted by molar-refractivity contribution is 7.59. The second-order valence-electron chi connectivity index (χ2n) is 0.561. The van der Waals surface area contributed by atoms with Gasteiger partial charge in [-0.1, -0.05) is 5.11 Å². The average Bonchev–Trinajstić information content (AvgIpc) is 1.65. The number of hydrogen-bond donors (Lipinski definition) is 3. The molecule has 0 atom stereocenters. The first-order valence-electron chi connectivity index (χ1n) is 1.19. The van der Waals surface area contributed by atoms with E-state index in [1.165, 1.54) is 0 Å². The molecule has 4 N–H and O–H groups in total. The zero-order valence-corrected chi connectivity index (χ0v) is 4.43. The lowest BCUT2D eigenvalue weighted by Gasteiger charge is -1.80. The van der Waals surface area contributed by atoms with Crippen molar-refractivity contribution < 1.29 is 4.79 Å². The molecule has 0 fully saturated rings. The summed E-state index contributed by atoms with van der Waals surface area (Å²) in [4.78, 5) is 9.59. The fourth-order valence-corrected chi connectivity index (χ4v) is 0.0323. The van der Waals surface area contributed by atoms with Crippen LogP contribution in [0, 0.1) is 5.53 Å². The van der Waals surface area contributed by atoms with Crippen LogP contribution < -0.4 is 11.3 Å². The maximum absolute atomic E-state index is 9.59. The van der Waals surface area contributed by atoms with Crippen molar-refractivity contribution in [3.8, 4) is 0 Å². The number of nitrogens with zero attached hydrogens (tertiary/aromatic N) is 1. The molecule has 6 heteroatoms. The summed E-state index contributed by atoms with van der Waals surface area (Å²) in [6.07, 6.45) is 0. The van der Waals surface area contributed by atoms with E-state index < -0.39 is 6.03 Å². The molecule has 5 nitrogen and oxygen atoms in total. The minimum Gasteiger partial charge on any atom is -0.273 e. The smallest absolute Gasteiger partial charge is 0.273 e. The van der Waals surface area contributed by atoms with Gasteiger partial charge in [-0.15, -0.1) is 0 Å². The third-order valence-electron chi connectivity index (χ3n) is 0.225. The molecule has 0 aromatic heterocycles. The van der Waals surface area contributed by atoms with Gasteiger partial charge in [0.2, 0.25) is 0 Å². The van der Waals surface area contributed by atoms with E-state index >= 15 is 0 Å². The number of carbonyl (C=O) groups is 1. The third-order valence-corrected chi connectivity index (χ3v) is 0.225. The number of carbonyl (C=O) groups excluding carboxylic acids is 1. The van der Waals surface area contributed by atoms with E-state index in [4.69, 9.17) is 5.53 Å². The zero-order valence-electron chi connectivity index (χ0n) is 3.43. The number of hydrogen-bond acceptors (Lipinski definition) is 3. The Bertz CT molecular complexity index is 72.1. The number of urea groups is 1. The number of hydrazine groups is 1. The summed E-state index contributed by atoms with van der Waals surface area (Å²) < 4.78 is 0. The fourth-order valence-electron chi connectivity index (χ4n) is 0.0323. The molecular weight excluding hydrogens is 116 g/mol. The monoisotopic (exact) mass is 122 g/mol. The molecule has 0 aliphatic rings. The van der Waals surface area contributed by atoms with Crippen LogP contribution in [-0.4, -0.2) is 6.03 Å². The van der Waals surface area contributed by atoms with Gasteiger partial charge >= 0.3 is 6.03 Å². The molecular formula is CH6N4OS. The lowest BCUT2D eigenvalue weighted by molar-refractivity contribution is 0.247. The first kappa shape index (κ1) is 9.63. The van der Waals surface area contributed by atoms with Crippen LogP contribution in [0.25, 0.3) is 0 Å². The molecule has 0 spiro atoms. The van der Waals surface area contributed by atoms with Crippen LogP contribution in [0.4, 0.5) is 4.79 Å². The van der Waals surface area contributed by atoms with Crippen molar-refractivity contribution in [3.63, 3.8) is 0 Å². The minimum atomic E-state index is -0.838. The van der Waals surface area contributed by atoms with Gasteiger partial charge in [-0.25, -0.2) is 10.6 Å². The number of amides is 2. The van der Waals surface area contributed by atoms with Crippen LogP contribution in [0.15, 0.2) is 5.11 Å². The van der Waals surface area contributed by atoms with E-state index in [0.717, 1.165) is 0 Å². The van der Waals surface area contributed by atoms with Crippen molar-refractivity contribution in [2.45, 2.75) is 0 Å². The molecule has 0 rings (SSSR count). The van der Waals surface area contributed by atoms with E-state index in [-0.39, 0.29) is 13.5 Å². The molecule has 0 aliphatic heterocycles. The highest BCUT2D eigenvalue weighted by Crippen LogP contribution is 1.61. The molecule has 0 unspecified atom stereocenters. The van der Waals surface area contributed by atoms with Crippen molar-refractivity contribution in [1.82, 2.24) is 5.43 Å². The summed E-state index contributed by atoms with van der Waals surface area (Å²) in [5, 5.41) is 2.38. The molecule has 0 heterocycles. The Labute approximate surface area is 47.2 Å². The summed E-state index contributed by atoms with van der Waals surface area (Å²) in [5.41, 5.74) is 7.56. The lowest BCUT2D eigenvalue weighted by Crippen LogP contribution is -2.26. The minimum absolute atomic E-state index is 0. The Morgan fingerprint density at radius 3 is 2.29 bits per heavy atom. The Morgan fingerprint density at radius 1 is 1.86 bits per heavy atom. The fraction of sp³-hybridized carbons (Fsp3) is 0. The van der Waals surface area contributed by atoms with Gasteiger partial charge in [-0.2, -0.15) is 19.0 Å². The van der Waals surface area contributed by atoms with Crippen molar-refractivity contribution in [3.05, 3.63) is 0 Å². The van der Waals surface area contributed by atoms with Crippen molar-refractivity contribution in [2.75, 3.05) is 0 Å². The predicted octanol–water partition coefficient (Wildman–Crippen LogP) is -0.287. The van der Waals surface area contributed by atoms with E-state index in [1.54, 1.807) is 5.43 Å². The summed E-state index contributed by atoms with van der Waals surface area (Å²) in [6, 6.07) is -0.838. The Kier molecular flexibility index (Phi) is 7.40. The molecule has 0 saturated heterocycles. The van der Waals surface area contributed by atoms with E-state index in [2.05, 4.69) is 11.0 Å². The second-order valence-corrected chi connectivity index (χ2v) is 0.561. The maximum Gasteiger partial charge on any atom is 0.373 e. The number of nitrogens with one attached hydrogen (secondary N) is 2. The van der Waals surface area contributed by atoms with Gasteiger partial charge in [0, 0.05) is 0 Å². The van der Waals surface area contributed by atoms with Crippen LogP contribution in [0.2, 0.25) is 0 Å². The van der Waals surface area contributed by atoms with Crippen molar-refractivity contribution in [1.29, 1.82) is 5.53 Å². The summed E-state index contributed by atoms with van der Waals surface area (Å²) in [6.45, 7) is 0. The summed E-state index contributed by atoms with van der Waals surface area (Å²) in [7, 11) is 0. The highest BCUT2D eigenvalue weighted by atomic mass is 32.1. The first-order chi connectivity index (χ1) is 2.81. The van der Waals surface area contributed by atoms with Crippen LogP contribution >= 0.6 is 13.5 Å².